The van der Waals surface area contributed by atoms with E-state index in [0.717, 1.165) is 7.11 Å². The number of nitrogen functional groups attached to an aromatic ring is 4. The number of aromatic nitrogens is 14. The molecule has 0 bridgehead atoms. The molecule has 0 aliphatic carbocycles. The van der Waals surface area contributed by atoms with Gasteiger partial charge >= 0.3 is 110 Å². The third-order valence-corrected chi connectivity index (χ3v) is 10.7. The Morgan fingerprint density at radius 3 is 1.08 bits per heavy atom. The Kier molecular flexibility index (Phi) is 73.0. The number of carbonyl (C=O) groups excluding carboxylic acids is 4. The van der Waals surface area contributed by atoms with Gasteiger partial charge in [0.25, 0.3) is 0 Å². The molecule has 112 heavy (non-hydrogen) atoms. The summed E-state index contributed by atoms with van der Waals surface area (Å²) in [5.74, 6) is 1.32. The van der Waals surface area contributed by atoms with E-state index in [1.54, 1.807) is 105 Å². The molecule has 0 aliphatic rings. The second kappa shape index (κ2) is 66.3. The van der Waals surface area contributed by atoms with Crippen LogP contribution in [0.4, 0.5) is 50.3 Å². The summed E-state index contributed by atoms with van der Waals surface area (Å²) in [6, 6.07) is 0. The molecule has 47 heteroatoms. The van der Waals surface area contributed by atoms with Crippen LogP contribution in [0.15, 0.2) is 55.8 Å². The minimum absolute atomic E-state index is 0. The van der Waals surface area contributed by atoms with Crippen LogP contribution in [0.25, 0.3) is 14.5 Å². The molecule has 0 aliphatic heterocycles. The van der Waals surface area contributed by atoms with Crippen LogP contribution in [0.3, 0.4) is 0 Å². The fraction of sp³-hybridized carbons (Fsp3) is 0.446. The Hall–Kier alpha value is -6.96. The number of rotatable bonds is 8. The van der Waals surface area contributed by atoms with Gasteiger partial charge < -0.3 is 103 Å². The summed E-state index contributed by atoms with van der Waals surface area (Å²) in [6.45, 7) is 50.8. The van der Waals surface area contributed by atoms with Gasteiger partial charge in [-0.25, -0.2) is 49.5 Å². The predicted molar refractivity (Wildman–Crippen MR) is 435 cm³/mol. The molecule has 7 heterocycles. The summed E-state index contributed by atoms with van der Waals surface area (Å²) in [5.41, 5.74) is 24.8. The summed E-state index contributed by atoms with van der Waals surface area (Å²) in [6.07, 6.45) is 10.6. The van der Waals surface area contributed by atoms with E-state index >= 15 is 0 Å². The molecule has 7 aromatic heterocycles. The van der Waals surface area contributed by atoms with Crippen LogP contribution in [0.5, 0.6) is 17.6 Å². The average molecular weight is 1990 g/mol. The minimum atomic E-state index is -1.06. The molecule has 0 amide bonds. The Morgan fingerprint density at radius 1 is 0.482 bits per heavy atom. The third kappa shape index (κ3) is 69.7. The monoisotopic (exact) mass is 1980 g/mol. The summed E-state index contributed by atoms with van der Waals surface area (Å²) in [5, 5.41) is 24.7. The van der Waals surface area contributed by atoms with E-state index in [0.29, 0.717) is 58.9 Å². The van der Waals surface area contributed by atoms with Gasteiger partial charge in [0.15, 0.2) is 34.3 Å². The predicted octanol–water partition coefficient (Wildman–Crippen LogP) is 11.0. The second-order valence-corrected chi connectivity index (χ2v) is 26.5. The van der Waals surface area contributed by atoms with E-state index < -0.39 is 46.3 Å². The number of anilines is 4. The van der Waals surface area contributed by atoms with Crippen LogP contribution in [0.2, 0.25) is 25.8 Å². The van der Waals surface area contributed by atoms with Crippen molar-refractivity contribution in [3.8, 4) is 17.6 Å². The van der Waals surface area contributed by atoms with E-state index in [1.807, 2.05) is 43.4 Å². The number of nitrogens with zero attached hydrogens (tertiary/aromatic N) is 18. The van der Waals surface area contributed by atoms with Crippen molar-refractivity contribution in [1.29, 1.82) is 5.26 Å². The zero-order valence-electron chi connectivity index (χ0n) is 63.3. The van der Waals surface area contributed by atoms with Crippen molar-refractivity contribution in [3.63, 3.8) is 0 Å². The summed E-state index contributed by atoms with van der Waals surface area (Å²) >= 11 is 30.8. The summed E-state index contributed by atoms with van der Waals surface area (Å²) in [4.78, 5) is 108. The zero-order valence-corrected chi connectivity index (χ0v) is 76.2. The number of carbonyl (C=O) groups is 4. The van der Waals surface area contributed by atoms with Gasteiger partial charge in [-0.3, -0.25) is 24.5 Å². The van der Waals surface area contributed by atoms with Crippen LogP contribution in [0.1, 0.15) is 136 Å². The van der Waals surface area contributed by atoms with Gasteiger partial charge in [-0.2, -0.15) is 0 Å². The zero-order chi connectivity index (χ0) is 84.9. The third-order valence-electron chi connectivity index (χ3n) is 8.54. The molecular weight excluding hydrogens is 1900 g/mol. The molecule has 11 N–H and O–H groups in total. The Morgan fingerprint density at radius 2 is 0.786 bits per heavy atom. The van der Waals surface area contributed by atoms with Crippen molar-refractivity contribution in [2.24, 2.45) is 5.73 Å². The van der Waals surface area contributed by atoms with Gasteiger partial charge in [0.2, 0.25) is 17.6 Å². The Bertz CT molecular complexity index is 3910. The number of methoxy groups -OCH3 is 3. The first kappa shape index (κ1) is 123. The number of nitrogens with two attached hydrogens (primary N) is 5. The molecule has 618 valence electrons. The number of hydrogen-bond donors (Lipinski definition) is 6. The average Bonchev–Trinajstić information content (AvgIpc) is 0.898. The van der Waals surface area contributed by atoms with Gasteiger partial charge in [0.05, 0.1) is 76.5 Å². The topological polar surface area (TPSA) is 533 Å². The number of halogens is 8. The summed E-state index contributed by atoms with van der Waals surface area (Å²) in [7, 11) is 9.91. The van der Waals surface area contributed by atoms with Gasteiger partial charge in [-0.15, -0.1) is 20.6 Å². The fourth-order valence-corrected chi connectivity index (χ4v) is 6.35. The molecule has 0 fully saturated rings. The molecule has 0 unspecified atom stereocenters. The Labute approximate surface area is 762 Å². The van der Waals surface area contributed by atoms with Crippen LogP contribution >= 0.6 is 111 Å². The van der Waals surface area contributed by atoms with Crippen LogP contribution in [-0.4, -0.2) is 156 Å². The number of ether oxygens (including phenoxy) is 8. The first-order valence-electron chi connectivity index (χ1n) is 29.4. The molecule has 7 rings (SSSR count). The number of hydrogen-bond acceptors (Lipinski definition) is 34. The first-order valence-corrected chi connectivity index (χ1v) is 35.1. The van der Waals surface area contributed by atoms with Crippen LogP contribution < -0.4 is 99.4 Å². The van der Waals surface area contributed by atoms with Gasteiger partial charge in [-0.05, 0) is 115 Å². The van der Waals surface area contributed by atoms with Gasteiger partial charge in [0, 0.05) is 41.3 Å². The van der Waals surface area contributed by atoms with E-state index in [-0.39, 0.29) is 155 Å². The largest absolute Gasteiger partial charge is 1.00 e. The first-order chi connectivity index (χ1) is 50.0. The van der Waals surface area contributed by atoms with Crippen LogP contribution in [-0.2, 0) is 69.7 Å². The Balaban J connectivity index is -0.000000153. The summed E-state index contributed by atoms with van der Waals surface area (Å²) < 4.78 is 39.6. The van der Waals surface area contributed by atoms with Crippen molar-refractivity contribution in [3.05, 3.63) is 143 Å². The van der Waals surface area contributed by atoms with Gasteiger partial charge in [-0.1, -0.05) is 113 Å². The molecule has 37 nitrogen and oxygen atoms in total. The maximum atomic E-state index is 11.6. The molecule has 0 atom stereocenters. The smallest absolute Gasteiger partial charge is 0.850 e. The van der Waals surface area contributed by atoms with Crippen molar-refractivity contribution in [2.45, 2.75) is 166 Å². The number of aliphatic hydroxyl groups is 1. The van der Waals surface area contributed by atoms with E-state index in [4.69, 9.17) is 156 Å². The molecule has 7 aromatic rings. The number of aliphatic hydroxyl groups excluding tert-OH is 1. The standard InChI is InChI=1S/C12H15N3O3.C12H19N3O3.C10H18O5.C6H6N4O.C5H3ClN4.C4H2Cl2N2.C4H3ClIN3.C4H4ClN3.C4H9O.CN.CH4O.2CH4.ClI.Cu.K/c1-12(2,3)18-9(16)6-8-7-14-10(13-4)11(15-8)17-5;1-12(2,3)18-10(16)5-8-7-14-9(6-13)11(15-8)17-4;1-9(2,3)14-7(11)13-8(12)15-10(4,5)6;1-8-5-6(11-2)10-4(7)3-9-5;1-8-5-4(6)10-3(7)2-9-5;5-3-1-7-2-4(6)8-3;5-3-4(6)8-1-2(7)9-3;5-3-1-7-2-4(6)8-3;1-4(2,3)5;2*1-2;;;1-2;;/h7H,6H2,1-3,5H3;7H,5-6,13H2,1-4H3;1-6H3;3H,2H3,(H2,7,10);2H,(H2,7,10);1-2H;1H,(H2,7,9);1-2H,(H2,6,8);1-3H3;;2H,1H3;2*1H4;;;/q;;;;;;;;2*-1;;;;;2*+1. The molecule has 0 saturated heterocycles. The van der Waals surface area contributed by atoms with Crippen molar-refractivity contribution in [1.82, 2.24) is 69.8 Å². The molecule has 0 aromatic carbocycles. The quantitative estimate of drug-likeness (QED) is 0.0205. The van der Waals surface area contributed by atoms with Crippen molar-refractivity contribution < 1.29 is 136 Å². The fourth-order valence-electron chi connectivity index (χ4n) is 5.26. The van der Waals surface area contributed by atoms with Crippen molar-refractivity contribution in [2.75, 3.05) is 51.4 Å². The molecule has 0 spiro atoms. The van der Waals surface area contributed by atoms with Gasteiger partial charge in [0.1, 0.15) is 65.1 Å². The van der Waals surface area contributed by atoms with E-state index in [1.165, 1.54) is 77.1 Å². The molecular formula is C65H91Cl6CuI2KN23O14. The molecule has 0 saturated carbocycles. The second-order valence-electron chi connectivity index (χ2n) is 23.6. The van der Waals surface area contributed by atoms with E-state index in [9.17, 15) is 24.3 Å². The van der Waals surface area contributed by atoms with Crippen molar-refractivity contribution >= 4 is 176 Å². The molecule has 0 radical (unpaired) electrons. The normalized spacial score (nSPS) is 9.47. The SMILES string of the molecule is C.C.CC(C)(C)OC(=O)OC(=O)OC(C)(C)C.CC(C)(C)[O-].CO.COc1nc(CC(=O)OC(C)(C)C)cnc1CN.ClI.Clc1cncc(Cl)n1.Nc1cnc(I)c(Cl)n1.Nc1cncc(Cl)n1.[C-]#N.[C-]#[N+]c1ncc(CC(=O)OC(C)(C)C)nc1OC.[C-]#[N+]c1ncc(N)nc1Cl.[C-]#[N+]c1ncc(N)nc1OC.[Cu+].[K+]. The number of esters is 2. The minimum Gasteiger partial charge on any atom is -0.850 e. The maximum absolute atomic E-state index is 11.6. The van der Waals surface area contributed by atoms with E-state index in [2.05, 4.69) is 98.0 Å². The maximum Gasteiger partial charge on any atom is 1.00 e. The van der Waals surface area contributed by atoms with Crippen LogP contribution in [0, 0.1) is 35.3 Å².